The zero-order valence-electron chi connectivity index (χ0n) is 17.4. The van der Waals surface area contributed by atoms with E-state index >= 15 is 0 Å². The van der Waals surface area contributed by atoms with Crippen LogP contribution in [-0.4, -0.2) is 32.3 Å². The molecular formula is C22H24N2O5S. The number of amides is 1. The largest absolute Gasteiger partial charge is 0.495 e. The number of nitrogens with one attached hydrogen (secondary N) is 1. The van der Waals surface area contributed by atoms with Crippen LogP contribution in [0.3, 0.4) is 0 Å². The maximum absolute atomic E-state index is 13.0. The molecule has 0 bridgehead atoms. The van der Waals surface area contributed by atoms with Gasteiger partial charge in [0.25, 0.3) is 0 Å². The SMILES string of the molecule is COc1ccc(-c2cc(C)no2)cc1S(=O)(=O)CCC(=O)Nc1ccc(C)cc1C. The maximum atomic E-state index is 13.0. The van der Waals surface area contributed by atoms with Gasteiger partial charge in [-0.3, -0.25) is 4.79 Å². The molecule has 2 aromatic carbocycles. The first kappa shape index (κ1) is 21.6. The molecule has 158 valence electrons. The summed E-state index contributed by atoms with van der Waals surface area (Å²) in [6.07, 6.45) is -0.176. The van der Waals surface area contributed by atoms with Gasteiger partial charge in [-0.25, -0.2) is 8.42 Å². The van der Waals surface area contributed by atoms with Crippen LogP contribution in [0.15, 0.2) is 51.9 Å². The summed E-state index contributed by atoms with van der Waals surface area (Å²) in [5, 5.41) is 6.60. The molecule has 0 aliphatic heterocycles. The number of ether oxygens (including phenoxy) is 1. The Morgan fingerprint density at radius 1 is 1.10 bits per heavy atom. The number of methoxy groups -OCH3 is 1. The third kappa shape index (κ3) is 4.88. The minimum Gasteiger partial charge on any atom is -0.495 e. The average molecular weight is 429 g/mol. The van der Waals surface area contributed by atoms with E-state index in [1.54, 1.807) is 25.1 Å². The van der Waals surface area contributed by atoms with E-state index in [0.717, 1.165) is 11.1 Å². The first-order valence-corrected chi connectivity index (χ1v) is 11.1. The van der Waals surface area contributed by atoms with Crippen LogP contribution in [0.25, 0.3) is 11.3 Å². The zero-order valence-corrected chi connectivity index (χ0v) is 18.2. The highest BCUT2D eigenvalue weighted by molar-refractivity contribution is 7.91. The molecule has 1 heterocycles. The fourth-order valence-corrected chi connectivity index (χ4v) is 4.51. The van der Waals surface area contributed by atoms with E-state index in [0.29, 0.717) is 22.7 Å². The number of benzene rings is 2. The van der Waals surface area contributed by atoms with Gasteiger partial charge in [0.1, 0.15) is 10.6 Å². The Kier molecular flexibility index (Phi) is 6.26. The lowest BCUT2D eigenvalue weighted by atomic mass is 10.1. The smallest absolute Gasteiger partial charge is 0.225 e. The second kappa shape index (κ2) is 8.71. The predicted molar refractivity (Wildman–Crippen MR) is 114 cm³/mol. The summed E-state index contributed by atoms with van der Waals surface area (Å²) >= 11 is 0. The van der Waals surface area contributed by atoms with E-state index < -0.39 is 9.84 Å². The van der Waals surface area contributed by atoms with Crippen LogP contribution in [-0.2, 0) is 14.6 Å². The number of carbonyl (C=O) groups excluding carboxylic acids is 1. The second-order valence-electron chi connectivity index (χ2n) is 7.13. The number of rotatable bonds is 7. The third-order valence-corrected chi connectivity index (χ3v) is 6.40. The molecule has 1 N–H and O–H groups in total. The molecule has 3 aromatic rings. The van der Waals surface area contributed by atoms with Crippen LogP contribution in [0.1, 0.15) is 23.2 Å². The number of aromatic nitrogens is 1. The van der Waals surface area contributed by atoms with Gasteiger partial charge in [-0.05, 0) is 50.6 Å². The van der Waals surface area contributed by atoms with Gasteiger partial charge >= 0.3 is 0 Å². The Bertz CT molecular complexity index is 1180. The number of aryl methyl sites for hydroxylation is 3. The maximum Gasteiger partial charge on any atom is 0.225 e. The lowest BCUT2D eigenvalue weighted by Crippen LogP contribution is -2.18. The Balaban J connectivity index is 1.78. The van der Waals surface area contributed by atoms with Crippen LogP contribution in [0.4, 0.5) is 5.69 Å². The molecule has 0 unspecified atom stereocenters. The van der Waals surface area contributed by atoms with Crippen molar-refractivity contribution in [2.75, 3.05) is 18.2 Å². The molecule has 0 radical (unpaired) electrons. The second-order valence-corrected chi connectivity index (χ2v) is 9.21. The first-order valence-electron chi connectivity index (χ1n) is 9.41. The molecule has 1 aromatic heterocycles. The topological polar surface area (TPSA) is 98.5 Å². The minimum absolute atomic E-state index is 0.0101. The van der Waals surface area contributed by atoms with Crippen molar-refractivity contribution in [3.63, 3.8) is 0 Å². The van der Waals surface area contributed by atoms with E-state index in [1.807, 2.05) is 32.0 Å². The molecule has 0 aliphatic carbocycles. The number of anilines is 1. The summed E-state index contributed by atoms with van der Waals surface area (Å²) < 4.78 is 36.4. The van der Waals surface area contributed by atoms with E-state index in [1.165, 1.54) is 13.2 Å². The molecule has 8 heteroatoms. The van der Waals surface area contributed by atoms with Crippen molar-refractivity contribution in [1.29, 1.82) is 0 Å². The van der Waals surface area contributed by atoms with Gasteiger partial charge in [0, 0.05) is 23.7 Å². The summed E-state index contributed by atoms with van der Waals surface area (Å²) in [7, 11) is -2.38. The average Bonchev–Trinajstić information content (AvgIpc) is 3.14. The Morgan fingerprint density at radius 3 is 2.50 bits per heavy atom. The number of nitrogens with zero attached hydrogens (tertiary/aromatic N) is 1. The van der Waals surface area contributed by atoms with Crippen LogP contribution < -0.4 is 10.1 Å². The van der Waals surface area contributed by atoms with Crippen molar-refractivity contribution in [2.24, 2.45) is 0 Å². The molecule has 0 saturated heterocycles. The van der Waals surface area contributed by atoms with Crippen molar-refractivity contribution >= 4 is 21.4 Å². The highest BCUT2D eigenvalue weighted by Gasteiger charge is 2.23. The predicted octanol–water partition coefficient (Wildman–Crippen LogP) is 4.08. The Morgan fingerprint density at radius 2 is 1.87 bits per heavy atom. The fourth-order valence-electron chi connectivity index (χ4n) is 3.08. The molecule has 0 atom stereocenters. The van der Waals surface area contributed by atoms with E-state index in [2.05, 4.69) is 10.5 Å². The molecule has 1 amide bonds. The van der Waals surface area contributed by atoms with Crippen molar-refractivity contribution in [1.82, 2.24) is 5.16 Å². The highest BCUT2D eigenvalue weighted by Crippen LogP contribution is 2.31. The van der Waals surface area contributed by atoms with Crippen molar-refractivity contribution in [3.8, 4) is 17.1 Å². The molecule has 0 aliphatic rings. The standard InChI is InChI=1S/C22H24N2O5S/c1-14-5-7-18(15(2)11-14)23-22(25)9-10-30(26,27)21-13-17(6-8-19(21)28-4)20-12-16(3)24-29-20/h5-8,11-13H,9-10H2,1-4H3,(H,23,25). The quantitative estimate of drug-likeness (QED) is 0.609. The molecular weight excluding hydrogens is 404 g/mol. The lowest BCUT2D eigenvalue weighted by molar-refractivity contribution is -0.115. The van der Waals surface area contributed by atoms with Crippen molar-refractivity contribution < 1.29 is 22.5 Å². The van der Waals surface area contributed by atoms with E-state index in [4.69, 9.17) is 9.26 Å². The van der Waals surface area contributed by atoms with Gasteiger partial charge in [0.05, 0.1) is 18.6 Å². The summed E-state index contributed by atoms with van der Waals surface area (Å²) in [6.45, 7) is 5.64. The van der Waals surface area contributed by atoms with E-state index in [9.17, 15) is 13.2 Å². The lowest BCUT2D eigenvalue weighted by Gasteiger charge is -2.12. The molecule has 0 spiro atoms. The fraction of sp³-hybridized carbons (Fsp3) is 0.273. The molecule has 30 heavy (non-hydrogen) atoms. The van der Waals surface area contributed by atoms with Crippen molar-refractivity contribution in [3.05, 3.63) is 59.3 Å². The number of hydrogen-bond donors (Lipinski definition) is 1. The van der Waals surface area contributed by atoms with E-state index in [-0.39, 0.29) is 28.7 Å². The van der Waals surface area contributed by atoms with Crippen LogP contribution >= 0.6 is 0 Å². The van der Waals surface area contributed by atoms with Gasteiger partial charge in [-0.15, -0.1) is 0 Å². The molecule has 0 saturated carbocycles. The van der Waals surface area contributed by atoms with Crippen LogP contribution in [0, 0.1) is 20.8 Å². The summed E-state index contributed by atoms with van der Waals surface area (Å²) in [5.74, 6) is -0.0469. The van der Waals surface area contributed by atoms with Gasteiger partial charge in [0.15, 0.2) is 15.6 Å². The summed E-state index contributed by atoms with van der Waals surface area (Å²) in [5.41, 5.74) is 3.93. The Hall–Kier alpha value is -3.13. The number of hydrogen-bond acceptors (Lipinski definition) is 6. The molecule has 3 rings (SSSR count). The molecule has 7 nitrogen and oxygen atoms in total. The van der Waals surface area contributed by atoms with Crippen LogP contribution in [0.2, 0.25) is 0 Å². The van der Waals surface area contributed by atoms with Gasteiger partial charge < -0.3 is 14.6 Å². The highest BCUT2D eigenvalue weighted by atomic mass is 32.2. The molecule has 0 fully saturated rings. The Labute approximate surface area is 176 Å². The van der Waals surface area contributed by atoms with Gasteiger partial charge in [-0.2, -0.15) is 0 Å². The zero-order chi connectivity index (χ0) is 21.9. The first-order chi connectivity index (χ1) is 14.2. The monoisotopic (exact) mass is 428 g/mol. The summed E-state index contributed by atoms with van der Waals surface area (Å²) in [6, 6.07) is 12.1. The number of carbonyl (C=O) groups is 1. The van der Waals surface area contributed by atoms with Gasteiger partial charge in [-0.1, -0.05) is 22.9 Å². The minimum atomic E-state index is -3.78. The normalized spacial score (nSPS) is 11.3. The van der Waals surface area contributed by atoms with Crippen LogP contribution in [0.5, 0.6) is 5.75 Å². The van der Waals surface area contributed by atoms with Crippen molar-refractivity contribution in [2.45, 2.75) is 32.1 Å². The van der Waals surface area contributed by atoms with Gasteiger partial charge in [0.2, 0.25) is 5.91 Å². The number of sulfone groups is 1. The summed E-state index contributed by atoms with van der Waals surface area (Å²) in [4.78, 5) is 12.4. The third-order valence-electron chi connectivity index (χ3n) is 4.67.